The minimum Gasteiger partial charge on any atom is -0.466 e. The van der Waals surface area contributed by atoms with Crippen LogP contribution in [0.15, 0.2) is 22.7 Å². The molecule has 1 atom stereocenters. The summed E-state index contributed by atoms with van der Waals surface area (Å²) in [7, 11) is 0. The monoisotopic (exact) mass is 439 g/mol. The van der Waals surface area contributed by atoms with E-state index in [1.807, 2.05) is 30.7 Å². The molecule has 3 aromatic heterocycles. The summed E-state index contributed by atoms with van der Waals surface area (Å²) < 4.78 is 7.53. The molecule has 1 aliphatic rings. The number of hydrogen-bond donors (Lipinski definition) is 2. The first-order valence-corrected chi connectivity index (χ1v) is 9.41. The first kappa shape index (κ1) is 23.2. The molecule has 0 radical (unpaired) electrons. The van der Waals surface area contributed by atoms with Gasteiger partial charge in [0.1, 0.15) is 11.5 Å². The Hall–Kier alpha value is -2.09. The van der Waals surface area contributed by atoms with E-state index in [0.717, 1.165) is 53.3 Å². The van der Waals surface area contributed by atoms with Crippen LogP contribution in [0.1, 0.15) is 48.2 Å². The molecule has 4 heterocycles. The highest BCUT2D eigenvalue weighted by Crippen LogP contribution is 2.30. The number of aryl methyl sites for hydroxylation is 2. The fourth-order valence-corrected chi connectivity index (χ4v) is 3.65. The first-order chi connectivity index (χ1) is 12.9. The average molecular weight is 440 g/mol. The molecule has 1 amide bonds. The van der Waals surface area contributed by atoms with Crippen LogP contribution in [-0.2, 0) is 0 Å². The maximum atomic E-state index is 13.0. The van der Waals surface area contributed by atoms with E-state index in [-0.39, 0.29) is 42.8 Å². The molecule has 0 aromatic carbocycles. The lowest BCUT2D eigenvalue weighted by atomic mass is 10.1. The lowest BCUT2D eigenvalue weighted by Gasteiger charge is -2.13. The predicted molar refractivity (Wildman–Crippen MR) is 118 cm³/mol. The van der Waals surface area contributed by atoms with Gasteiger partial charge in [-0.15, -0.1) is 24.8 Å². The second kappa shape index (κ2) is 9.15. The van der Waals surface area contributed by atoms with E-state index in [0.29, 0.717) is 5.56 Å². The number of pyridine rings is 1. The summed E-state index contributed by atoms with van der Waals surface area (Å²) >= 11 is 0. The average Bonchev–Trinajstić information content (AvgIpc) is 3.33. The lowest BCUT2D eigenvalue weighted by Crippen LogP contribution is -2.36. The Kier molecular flexibility index (Phi) is 7.32. The molecule has 2 N–H and O–H groups in total. The van der Waals surface area contributed by atoms with Crippen molar-refractivity contribution < 1.29 is 9.21 Å². The van der Waals surface area contributed by atoms with Crippen LogP contribution in [0, 0.1) is 13.8 Å². The van der Waals surface area contributed by atoms with Crippen LogP contribution in [0.5, 0.6) is 0 Å². The van der Waals surface area contributed by atoms with E-state index >= 15 is 0 Å². The highest BCUT2D eigenvalue weighted by molar-refractivity contribution is 6.06. The number of carbonyl (C=O) groups excluding carboxylic acids is 1. The zero-order valence-electron chi connectivity index (χ0n) is 17.0. The minimum atomic E-state index is -0.0847. The van der Waals surface area contributed by atoms with Crippen molar-refractivity contribution >= 4 is 41.8 Å². The van der Waals surface area contributed by atoms with Gasteiger partial charge in [0.15, 0.2) is 5.65 Å². The van der Waals surface area contributed by atoms with Gasteiger partial charge in [-0.05, 0) is 52.8 Å². The van der Waals surface area contributed by atoms with Crippen LogP contribution in [0.3, 0.4) is 0 Å². The maximum absolute atomic E-state index is 13.0. The van der Waals surface area contributed by atoms with Crippen LogP contribution in [0.4, 0.5) is 0 Å². The molecule has 9 heteroatoms. The van der Waals surface area contributed by atoms with Crippen LogP contribution in [0.25, 0.3) is 22.3 Å². The second-order valence-corrected chi connectivity index (χ2v) is 7.47. The fourth-order valence-electron chi connectivity index (χ4n) is 3.65. The van der Waals surface area contributed by atoms with Crippen molar-refractivity contribution in [3.05, 3.63) is 35.4 Å². The lowest BCUT2D eigenvalue weighted by molar-refractivity contribution is 0.0941. The van der Waals surface area contributed by atoms with Crippen LogP contribution >= 0.6 is 24.8 Å². The van der Waals surface area contributed by atoms with E-state index < -0.39 is 0 Å². The van der Waals surface area contributed by atoms with Crippen molar-refractivity contribution in [2.45, 2.75) is 46.2 Å². The Balaban J connectivity index is 0.00000150. The number of hydrogen-bond acceptors (Lipinski definition) is 5. The van der Waals surface area contributed by atoms with Crippen molar-refractivity contribution in [3.8, 4) is 11.3 Å². The number of rotatable bonds is 4. The Morgan fingerprint density at radius 3 is 2.66 bits per heavy atom. The maximum Gasteiger partial charge on any atom is 0.252 e. The van der Waals surface area contributed by atoms with E-state index in [9.17, 15) is 4.79 Å². The van der Waals surface area contributed by atoms with Crippen molar-refractivity contribution in [3.63, 3.8) is 0 Å². The number of fused-ring (bicyclic) bond motifs is 1. The summed E-state index contributed by atoms with van der Waals surface area (Å²) in [5, 5.41) is 11.7. The number of nitrogens with zero attached hydrogens (tertiary/aromatic N) is 3. The topological polar surface area (TPSA) is 85.0 Å². The molecule has 7 nitrogen and oxygen atoms in total. The van der Waals surface area contributed by atoms with E-state index in [1.54, 1.807) is 6.20 Å². The Bertz CT molecular complexity index is 1010. The molecule has 1 aliphatic heterocycles. The van der Waals surface area contributed by atoms with Gasteiger partial charge in [-0.2, -0.15) is 5.10 Å². The molecule has 1 unspecified atom stereocenters. The number of amides is 1. The van der Waals surface area contributed by atoms with Crippen molar-refractivity contribution in [1.29, 1.82) is 0 Å². The standard InChI is InChI=1S/C20H25N5O2.2ClH/c1-11(2)25-19-17(10-22-25)16(20(26)23-14-5-6-21-9-14)8-18(24-19)15-7-12(3)27-13(15)4;;/h7-8,10-11,14,21H,5-6,9H2,1-4H3,(H,23,26);2*1H. The number of halogens is 2. The van der Waals surface area contributed by atoms with Crippen molar-refractivity contribution in [2.24, 2.45) is 0 Å². The minimum absolute atomic E-state index is 0. The second-order valence-electron chi connectivity index (χ2n) is 7.47. The third kappa shape index (κ3) is 4.42. The van der Waals surface area contributed by atoms with Gasteiger partial charge in [0.2, 0.25) is 0 Å². The fraction of sp³-hybridized carbons (Fsp3) is 0.450. The first-order valence-electron chi connectivity index (χ1n) is 9.41. The molecule has 4 rings (SSSR count). The number of furan rings is 1. The third-order valence-electron chi connectivity index (χ3n) is 5.01. The molecular weight excluding hydrogens is 413 g/mol. The highest BCUT2D eigenvalue weighted by Gasteiger charge is 2.23. The summed E-state index contributed by atoms with van der Waals surface area (Å²) in [6.45, 7) is 9.67. The Labute approximate surface area is 182 Å². The highest BCUT2D eigenvalue weighted by atomic mass is 35.5. The van der Waals surface area contributed by atoms with Gasteiger partial charge >= 0.3 is 0 Å². The van der Waals surface area contributed by atoms with E-state index in [2.05, 4.69) is 29.6 Å². The van der Waals surface area contributed by atoms with Crippen molar-refractivity contribution in [2.75, 3.05) is 13.1 Å². The summed E-state index contributed by atoms with van der Waals surface area (Å²) in [6, 6.07) is 4.11. The van der Waals surface area contributed by atoms with Gasteiger partial charge in [0, 0.05) is 24.2 Å². The molecule has 0 spiro atoms. The van der Waals surface area contributed by atoms with Crippen LogP contribution < -0.4 is 10.6 Å². The molecule has 1 fully saturated rings. The van der Waals surface area contributed by atoms with Gasteiger partial charge in [0.25, 0.3) is 5.91 Å². The largest absolute Gasteiger partial charge is 0.466 e. The normalized spacial score (nSPS) is 16.0. The summed E-state index contributed by atoms with van der Waals surface area (Å²) in [5.74, 6) is 1.53. The smallest absolute Gasteiger partial charge is 0.252 e. The quantitative estimate of drug-likeness (QED) is 0.644. The van der Waals surface area contributed by atoms with Gasteiger partial charge < -0.3 is 15.1 Å². The molecule has 0 aliphatic carbocycles. The van der Waals surface area contributed by atoms with E-state index in [1.165, 1.54) is 0 Å². The zero-order valence-corrected chi connectivity index (χ0v) is 18.6. The summed E-state index contributed by atoms with van der Waals surface area (Å²) in [4.78, 5) is 17.9. The SMILES string of the molecule is Cc1cc(-c2cc(C(=O)NC3CCNC3)c3cnn(C(C)C)c3n2)c(C)o1.Cl.Cl. The Morgan fingerprint density at radius 2 is 2.07 bits per heavy atom. The molecule has 1 saturated heterocycles. The zero-order chi connectivity index (χ0) is 19.1. The summed E-state index contributed by atoms with van der Waals surface area (Å²) in [5.41, 5.74) is 2.96. The molecular formula is C20H27Cl2N5O2. The van der Waals surface area contributed by atoms with E-state index in [4.69, 9.17) is 9.40 Å². The van der Waals surface area contributed by atoms with Crippen molar-refractivity contribution in [1.82, 2.24) is 25.4 Å². The van der Waals surface area contributed by atoms with Gasteiger partial charge in [-0.25, -0.2) is 9.67 Å². The molecule has 0 bridgehead atoms. The number of nitrogens with one attached hydrogen (secondary N) is 2. The number of carbonyl (C=O) groups is 1. The van der Waals surface area contributed by atoms with Gasteiger partial charge in [-0.3, -0.25) is 4.79 Å². The molecule has 0 saturated carbocycles. The van der Waals surface area contributed by atoms with Crippen LogP contribution in [-0.4, -0.2) is 39.8 Å². The Morgan fingerprint density at radius 1 is 1.31 bits per heavy atom. The van der Waals surface area contributed by atoms with Crippen LogP contribution in [0.2, 0.25) is 0 Å². The third-order valence-corrected chi connectivity index (χ3v) is 5.01. The molecule has 158 valence electrons. The molecule has 29 heavy (non-hydrogen) atoms. The van der Waals surface area contributed by atoms with Gasteiger partial charge in [-0.1, -0.05) is 0 Å². The summed E-state index contributed by atoms with van der Waals surface area (Å²) in [6.07, 6.45) is 2.68. The van der Waals surface area contributed by atoms with Gasteiger partial charge in [0.05, 0.1) is 22.8 Å². The predicted octanol–water partition coefficient (Wildman–Crippen LogP) is 3.82. The number of aromatic nitrogens is 3. The molecule has 3 aromatic rings.